The van der Waals surface area contributed by atoms with E-state index in [0.717, 1.165) is 69.0 Å². The van der Waals surface area contributed by atoms with Gasteiger partial charge in [0.15, 0.2) is 5.82 Å². The summed E-state index contributed by atoms with van der Waals surface area (Å²) in [5.41, 5.74) is 1.05. The maximum atomic E-state index is 13.9. The summed E-state index contributed by atoms with van der Waals surface area (Å²) in [5, 5.41) is 14.3. The lowest BCUT2D eigenvalue weighted by Gasteiger charge is -2.40. The SMILES string of the molecule is O=S(O)NCc1ccccc1Nc1nc(Nc2ccc3c(N4CCC(N5CCOCC5)CC4)n[nH]c3c2)ncc1C(F)(F)F. The number of para-hydroxylation sites is 1. The van der Waals surface area contributed by atoms with E-state index in [2.05, 4.69) is 45.3 Å². The van der Waals surface area contributed by atoms with Crippen LogP contribution in [-0.2, 0) is 28.7 Å². The molecule has 0 bridgehead atoms. The van der Waals surface area contributed by atoms with Gasteiger partial charge in [-0.1, -0.05) is 18.2 Å². The predicted octanol–water partition coefficient (Wildman–Crippen LogP) is 4.39. The molecule has 0 saturated carbocycles. The first-order valence-electron chi connectivity index (χ1n) is 14.2. The summed E-state index contributed by atoms with van der Waals surface area (Å²) >= 11 is -2.29. The maximum absolute atomic E-state index is 13.9. The number of H-pyrrole nitrogens is 1. The maximum Gasteiger partial charge on any atom is 0.421 e. The van der Waals surface area contributed by atoms with Crippen molar-refractivity contribution < 1.29 is 26.7 Å². The van der Waals surface area contributed by atoms with Crippen LogP contribution in [0.1, 0.15) is 24.0 Å². The zero-order chi connectivity index (χ0) is 30.7. The highest BCUT2D eigenvalue weighted by molar-refractivity contribution is 7.77. The molecule has 2 aliphatic rings. The summed E-state index contributed by atoms with van der Waals surface area (Å²) in [6.07, 6.45) is -1.90. The Kier molecular flexibility index (Phi) is 8.95. The topological polar surface area (TPSA) is 144 Å². The quantitative estimate of drug-likeness (QED) is 0.169. The van der Waals surface area contributed by atoms with E-state index in [4.69, 9.17) is 9.29 Å². The van der Waals surface area contributed by atoms with Gasteiger partial charge in [-0.15, -0.1) is 0 Å². The van der Waals surface area contributed by atoms with Crippen LogP contribution in [0.5, 0.6) is 0 Å². The highest BCUT2D eigenvalue weighted by atomic mass is 32.2. The molecule has 2 aromatic carbocycles. The smallest absolute Gasteiger partial charge is 0.379 e. The van der Waals surface area contributed by atoms with Crippen LogP contribution < -0.4 is 20.3 Å². The first-order valence-corrected chi connectivity index (χ1v) is 15.3. The van der Waals surface area contributed by atoms with Gasteiger partial charge in [-0.2, -0.15) is 23.3 Å². The number of nitrogens with zero attached hydrogens (tertiary/aromatic N) is 5. The summed E-state index contributed by atoms with van der Waals surface area (Å²) in [6.45, 7) is 5.27. The molecular formula is C28H32F3N9O3S. The molecule has 2 aromatic heterocycles. The molecule has 0 radical (unpaired) electrons. The van der Waals surface area contributed by atoms with Crippen molar-refractivity contribution in [1.82, 2.24) is 29.8 Å². The second-order valence-electron chi connectivity index (χ2n) is 10.6. The van der Waals surface area contributed by atoms with Gasteiger partial charge in [0, 0.05) is 61.7 Å². The molecule has 4 aromatic rings. The third kappa shape index (κ3) is 6.94. The van der Waals surface area contributed by atoms with Crippen LogP contribution in [0.4, 0.5) is 42.1 Å². The number of halogens is 3. The number of aromatic nitrogens is 4. The number of hydrogen-bond acceptors (Lipinski definition) is 9. The highest BCUT2D eigenvalue weighted by Gasteiger charge is 2.35. The van der Waals surface area contributed by atoms with E-state index in [0.29, 0.717) is 29.2 Å². The van der Waals surface area contributed by atoms with Gasteiger partial charge in [0.25, 0.3) is 0 Å². The normalized spacial score (nSPS) is 17.6. The van der Waals surface area contributed by atoms with Crippen LogP contribution in [0.25, 0.3) is 10.9 Å². The number of hydrogen-bond donors (Lipinski definition) is 5. The second-order valence-corrected chi connectivity index (χ2v) is 11.4. The zero-order valence-corrected chi connectivity index (χ0v) is 24.4. The van der Waals surface area contributed by atoms with E-state index >= 15 is 0 Å². The van der Waals surface area contributed by atoms with Crippen molar-refractivity contribution in [2.45, 2.75) is 31.6 Å². The molecular weight excluding hydrogens is 599 g/mol. The Balaban J connectivity index is 1.18. The molecule has 234 valence electrons. The van der Waals surface area contributed by atoms with E-state index in [1.807, 2.05) is 18.2 Å². The van der Waals surface area contributed by atoms with Crippen molar-refractivity contribution in [2.24, 2.45) is 0 Å². The largest absolute Gasteiger partial charge is 0.421 e. The monoisotopic (exact) mass is 631 g/mol. The van der Waals surface area contributed by atoms with Crippen LogP contribution in [0.3, 0.4) is 0 Å². The molecule has 6 rings (SSSR count). The van der Waals surface area contributed by atoms with Crippen molar-refractivity contribution in [3.8, 4) is 0 Å². The first kappa shape index (κ1) is 30.2. The van der Waals surface area contributed by atoms with Gasteiger partial charge in [-0.3, -0.25) is 14.6 Å². The fraction of sp³-hybridized carbons (Fsp3) is 0.393. The molecule has 0 spiro atoms. The molecule has 12 nitrogen and oxygen atoms in total. The first-order chi connectivity index (χ1) is 21.2. The summed E-state index contributed by atoms with van der Waals surface area (Å²) in [5.74, 6) is 0.372. The number of nitrogens with one attached hydrogen (secondary N) is 4. The third-order valence-corrected chi connectivity index (χ3v) is 8.27. The van der Waals surface area contributed by atoms with Gasteiger partial charge < -0.3 is 20.3 Å². The van der Waals surface area contributed by atoms with Crippen molar-refractivity contribution in [1.29, 1.82) is 0 Å². The molecule has 4 heterocycles. The minimum atomic E-state index is -4.72. The number of fused-ring (bicyclic) bond motifs is 1. The predicted molar refractivity (Wildman–Crippen MR) is 161 cm³/mol. The molecule has 2 aliphatic heterocycles. The number of piperidine rings is 1. The Morgan fingerprint density at radius 2 is 1.84 bits per heavy atom. The number of morpholine rings is 1. The van der Waals surface area contributed by atoms with Crippen LogP contribution in [0, 0.1) is 0 Å². The molecule has 2 fully saturated rings. The van der Waals surface area contributed by atoms with Gasteiger partial charge in [0.05, 0.1) is 18.7 Å². The van der Waals surface area contributed by atoms with Crippen LogP contribution in [-0.4, -0.2) is 79.3 Å². The van der Waals surface area contributed by atoms with Crippen molar-refractivity contribution in [3.63, 3.8) is 0 Å². The number of rotatable bonds is 9. The lowest BCUT2D eigenvalue weighted by Crippen LogP contribution is -2.49. The fourth-order valence-corrected chi connectivity index (χ4v) is 5.93. The van der Waals surface area contributed by atoms with E-state index in [-0.39, 0.29) is 12.5 Å². The highest BCUT2D eigenvalue weighted by Crippen LogP contribution is 2.36. The van der Waals surface area contributed by atoms with E-state index < -0.39 is 28.8 Å². The Morgan fingerprint density at radius 3 is 2.59 bits per heavy atom. The van der Waals surface area contributed by atoms with Crippen molar-refractivity contribution in [3.05, 3.63) is 59.8 Å². The number of aromatic amines is 1. The molecule has 0 aliphatic carbocycles. The number of anilines is 5. The van der Waals surface area contributed by atoms with Crippen LogP contribution in [0.15, 0.2) is 48.7 Å². The third-order valence-electron chi connectivity index (χ3n) is 7.88. The molecule has 2 saturated heterocycles. The van der Waals surface area contributed by atoms with Gasteiger partial charge in [0.2, 0.25) is 17.2 Å². The average Bonchev–Trinajstić information content (AvgIpc) is 3.44. The van der Waals surface area contributed by atoms with Crippen LogP contribution in [0.2, 0.25) is 0 Å². The van der Waals surface area contributed by atoms with Crippen molar-refractivity contribution >= 4 is 51.1 Å². The van der Waals surface area contributed by atoms with Crippen molar-refractivity contribution in [2.75, 3.05) is 54.9 Å². The zero-order valence-electron chi connectivity index (χ0n) is 23.6. The Bertz CT molecular complexity index is 1620. The molecule has 44 heavy (non-hydrogen) atoms. The van der Waals surface area contributed by atoms with Gasteiger partial charge in [0.1, 0.15) is 11.4 Å². The second kappa shape index (κ2) is 13.0. The van der Waals surface area contributed by atoms with E-state index in [1.54, 1.807) is 24.3 Å². The Hall–Kier alpha value is -3.83. The number of alkyl halides is 3. The molecule has 1 atom stereocenters. The van der Waals surface area contributed by atoms with Gasteiger partial charge >= 0.3 is 6.18 Å². The molecule has 1 unspecified atom stereocenters. The fourth-order valence-electron chi connectivity index (χ4n) is 5.65. The number of benzene rings is 2. The van der Waals surface area contributed by atoms with Crippen LogP contribution >= 0.6 is 0 Å². The molecule has 0 amide bonds. The van der Waals surface area contributed by atoms with Gasteiger partial charge in [-0.25, -0.2) is 13.9 Å². The lowest BCUT2D eigenvalue weighted by molar-refractivity contribution is -0.137. The standard InChI is InChI=1S/C28H32F3N9O3S/c29-28(30,31)22-17-32-27(36-25(22)35-23-4-2-1-3-18(23)16-33-44(41)42)34-19-5-6-21-24(15-19)37-38-26(21)40-9-7-20(8-10-40)39-11-13-43-14-12-39/h1-6,15,17,20,33H,7-14,16H2,(H,37,38)(H,41,42)(H2,32,34,35,36). The summed E-state index contributed by atoms with van der Waals surface area (Å²) in [6, 6.07) is 12.6. The summed E-state index contributed by atoms with van der Waals surface area (Å²) < 4.78 is 69.5. The Morgan fingerprint density at radius 1 is 1.07 bits per heavy atom. The van der Waals surface area contributed by atoms with E-state index in [9.17, 15) is 17.4 Å². The molecule has 5 N–H and O–H groups in total. The summed E-state index contributed by atoms with van der Waals surface area (Å²) in [4.78, 5) is 12.9. The Labute approximate surface area is 253 Å². The lowest BCUT2D eigenvalue weighted by atomic mass is 10.0. The number of ether oxygens (including phenoxy) is 1. The minimum absolute atomic E-state index is 0.0446. The molecule has 16 heteroatoms. The summed E-state index contributed by atoms with van der Waals surface area (Å²) in [7, 11) is 0. The minimum Gasteiger partial charge on any atom is -0.379 e. The van der Waals surface area contributed by atoms with E-state index in [1.165, 1.54) is 0 Å². The van der Waals surface area contributed by atoms with Gasteiger partial charge in [-0.05, 0) is 42.7 Å². The average molecular weight is 632 g/mol.